The number of hydrogen-bond acceptors (Lipinski definition) is 2. The van der Waals surface area contributed by atoms with Gasteiger partial charge in [0.15, 0.2) is 0 Å². The van der Waals surface area contributed by atoms with Gasteiger partial charge in [-0.3, -0.25) is 4.79 Å². The Kier molecular flexibility index (Phi) is 3.79. The van der Waals surface area contributed by atoms with Crippen molar-refractivity contribution in [3.63, 3.8) is 0 Å². The molecule has 100 valence electrons. The van der Waals surface area contributed by atoms with Crippen LogP contribution in [0.2, 0.25) is 0 Å². The molecule has 0 saturated heterocycles. The number of aryl methyl sites for hydroxylation is 1. The number of aromatic amines is 1. The van der Waals surface area contributed by atoms with E-state index in [0.29, 0.717) is 11.7 Å². The van der Waals surface area contributed by atoms with Crippen molar-refractivity contribution >= 4 is 0 Å². The summed E-state index contributed by atoms with van der Waals surface area (Å²) in [5, 5.41) is 0. The zero-order chi connectivity index (χ0) is 14.0. The van der Waals surface area contributed by atoms with E-state index in [1.807, 2.05) is 24.3 Å². The number of aromatic nitrogens is 2. The molecule has 2 rings (SSSR count). The molecule has 1 N–H and O–H groups in total. The van der Waals surface area contributed by atoms with Crippen molar-refractivity contribution < 1.29 is 4.39 Å². The molecule has 0 saturated carbocycles. The minimum Gasteiger partial charge on any atom is -0.304 e. The highest BCUT2D eigenvalue weighted by Crippen LogP contribution is 2.17. The van der Waals surface area contributed by atoms with Crippen LogP contribution in [0.15, 0.2) is 29.1 Å². The molecule has 0 atom stereocenters. The van der Waals surface area contributed by atoms with Crippen LogP contribution in [0, 0.1) is 18.7 Å². The van der Waals surface area contributed by atoms with Crippen molar-refractivity contribution in [3.05, 3.63) is 51.7 Å². The first kappa shape index (κ1) is 13.5. The predicted molar refractivity (Wildman–Crippen MR) is 73.5 cm³/mol. The SMILES string of the molecule is Cc1nc(-c2ccc(CC(C)C)cc2)[nH]c(=O)c1F. The molecule has 1 aromatic heterocycles. The molecule has 0 unspecified atom stereocenters. The van der Waals surface area contributed by atoms with Gasteiger partial charge >= 0.3 is 0 Å². The van der Waals surface area contributed by atoms with Gasteiger partial charge in [-0.1, -0.05) is 38.1 Å². The van der Waals surface area contributed by atoms with E-state index in [9.17, 15) is 9.18 Å². The Hall–Kier alpha value is -1.97. The maximum absolute atomic E-state index is 13.2. The lowest BCUT2D eigenvalue weighted by Crippen LogP contribution is -2.15. The molecule has 0 spiro atoms. The van der Waals surface area contributed by atoms with Gasteiger partial charge < -0.3 is 4.98 Å². The highest BCUT2D eigenvalue weighted by molar-refractivity contribution is 5.55. The van der Waals surface area contributed by atoms with Gasteiger partial charge in [0, 0.05) is 5.56 Å². The topological polar surface area (TPSA) is 45.8 Å². The van der Waals surface area contributed by atoms with Crippen molar-refractivity contribution in [1.82, 2.24) is 9.97 Å². The molecule has 0 amide bonds. The van der Waals surface area contributed by atoms with Crippen LogP contribution in [0.1, 0.15) is 25.1 Å². The number of H-pyrrole nitrogens is 1. The molecule has 0 bridgehead atoms. The van der Waals surface area contributed by atoms with Crippen LogP contribution in [0.5, 0.6) is 0 Å². The van der Waals surface area contributed by atoms with Crippen LogP contribution < -0.4 is 5.56 Å². The van der Waals surface area contributed by atoms with Crippen LogP contribution in [-0.2, 0) is 6.42 Å². The summed E-state index contributed by atoms with van der Waals surface area (Å²) in [6.07, 6.45) is 1.01. The van der Waals surface area contributed by atoms with E-state index >= 15 is 0 Å². The van der Waals surface area contributed by atoms with Crippen molar-refractivity contribution in [3.8, 4) is 11.4 Å². The Morgan fingerprint density at radius 1 is 1.26 bits per heavy atom. The molecule has 0 aliphatic heterocycles. The Morgan fingerprint density at radius 2 is 1.89 bits per heavy atom. The standard InChI is InChI=1S/C15H17FN2O/c1-9(2)8-11-4-6-12(7-5-11)14-17-10(3)13(16)15(19)18-14/h4-7,9H,8H2,1-3H3,(H,17,18,19). The molecule has 0 fully saturated rings. The molecular formula is C15H17FN2O. The molecule has 19 heavy (non-hydrogen) atoms. The Bertz CT molecular complexity index is 630. The second-order valence-corrected chi connectivity index (χ2v) is 5.11. The summed E-state index contributed by atoms with van der Waals surface area (Å²) in [7, 11) is 0. The first-order valence-corrected chi connectivity index (χ1v) is 6.33. The third kappa shape index (κ3) is 3.08. The van der Waals surface area contributed by atoms with Crippen LogP contribution in [0.4, 0.5) is 4.39 Å². The molecule has 0 radical (unpaired) electrons. The van der Waals surface area contributed by atoms with Crippen LogP contribution in [-0.4, -0.2) is 9.97 Å². The van der Waals surface area contributed by atoms with E-state index in [4.69, 9.17) is 0 Å². The maximum atomic E-state index is 13.2. The van der Waals surface area contributed by atoms with Gasteiger partial charge in [0.2, 0.25) is 5.82 Å². The Morgan fingerprint density at radius 3 is 2.42 bits per heavy atom. The van der Waals surface area contributed by atoms with Gasteiger partial charge in [0.05, 0.1) is 5.69 Å². The fourth-order valence-electron chi connectivity index (χ4n) is 1.98. The monoisotopic (exact) mass is 260 g/mol. The summed E-state index contributed by atoms with van der Waals surface area (Å²) in [4.78, 5) is 17.9. The first-order valence-electron chi connectivity index (χ1n) is 6.33. The van der Waals surface area contributed by atoms with Gasteiger partial charge in [-0.15, -0.1) is 0 Å². The first-order chi connectivity index (χ1) is 8.97. The van der Waals surface area contributed by atoms with E-state index in [-0.39, 0.29) is 5.69 Å². The summed E-state index contributed by atoms with van der Waals surface area (Å²) in [6, 6.07) is 7.81. The number of hydrogen-bond donors (Lipinski definition) is 1. The molecule has 4 heteroatoms. The Labute approximate surface area is 111 Å². The second kappa shape index (κ2) is 5.34. The van der Waals surface area contributed by atoms with Gasteiger partial charge in [0.1, 0.15) is 5.82 Å². The number of nitrogens with one attached hydrogen (secondary N) is 1. The third-order valence-electron chi connectivity index (χ3n) is 2.90. The van der Waals surface area contributed by atoms with E-state index < -0.39 is 11.4 Å². The lowest BCUT2D eigenvalue weighted by atomic mass is 10.0. The molecule has 1 heterocycles. The normalized spacial score (nSPS) is 11.0. The average molecular weight is 260 g/mol. The molecule has 2 aromatic rings. The maximum Gasteiger partial charge on any atom is 0.287 e. The van der Waals surface area contributed by atoms with Crippen molar-refractivity contribution in [2.24, 2.45) is 5.92 Å². The van der Waals surface area contributed by atoms with Crippen LogP contribution in [0.3, 0.4) is 0 Å². The lowest BCUT2D eigenvalue weighted by Gasteiger charge is -2.07. The van der Waals surface area contributed by atoms with E-state index in [1.165, 1.54) is 12.5 Å². The number of nitrogens with zero attached hydrogens (tertiary/aromatic N) is 1. The van der Waals surface area contributed by atoms with Crippen LogP contribution in [0.25, 0.3) is 11.4 Å². The summed E-state index contributed by atoms with van der Waals surface area (Å²) >= 11 is 0. The van der Waals surface area contributed by atoms with E-state index in [1.54, 1.807) is 0 Å². The zero-order valence-electron chi connectivity index (χ0n) is 11.3. The number of halogens is 1. The van der Waals surface area contributed by atoms with Crippen LogP contribution >= 0.6 is 0 Å². The predicted octanol–water partition coefficient (Wildman–Crippen LogP) is 3.08. The fraction of sp³-hybridized carbons (Fsp3) is 0.333. The van der Waals surface area contributed by atoms with Gasteiger partial charge in [-0.05, 0) is 24.8 Å². The average Bonchev–Trinajstić information content (AvgIpc) is 2.35. The van der Waals surface area contributed by atoms with E-state index in [0.717, 1.165) is 12.0 Å². The summed E-state index contributed by atoms with van der Waals surface area (Å²) in [5.41, 5.74) is 1.41. The summed E-state index contributed by atoms with van der Waals surface area (Å²) < 4.78 is 13.2. The smallest absolute Gasteiger partial charge is 0.287 e. The molecular weight excluding hydrogens is 243 g/mol. The summed E-state index contributed by atoms with van der Waals surface area (Å²) in [6.45, 7) is 5.81. The quantitative estimate of drug-likeness (QED) is 0.921. The Balaban J connectivity index is 2.35. The van der Waals surface area contributed by atoms with Crippen molar-refractivity contribution in [2.75, 3.05) is 0 Å². The highest BCUT2D eigenvalue weighted by atomic mass is 19.1. The minimum absolute atomic E-state index is 0.116. The minimum atomic E-state index is -0.819. The molecule has 0 aliphatic rings. The van der Waals surface area contributed by atoms with Crippen molar-refractivity contribution in [2.45, 2.75) is 27.2 Å². The molecule has 0 aliphatic carbocycles. The van der Waals surface area contributed by atoms with Crippen molar-refractivity contribution in [1.29, 1.82) is 0 Å². The van der Waals surface area contributed by atoms with Gasteiger partial charge in [0.25, 0.3) is 5.56 Å². The van der Waals surface area contributed by atoms with Gasteiger partial charge in [-0.25, -0.2) is 4.98 Å². The number of rotatable bonds is 3. The second-order valence-electron chi connectivity index (χ2n) is 5.11. The summed E-state index contributed by atoms with van der Waals surface area (Å²) in [5.74, 6) is 0.178. The lowest BCUT2D eigenvalue weighted by molar-refractivity contribution is 0.589. The largest absolute Gasteiger partial charge is 0.304 e. The highest BCUT2D eigenvalue weighted by Gasteiger charge is 2.08. The van der Waals surface area contributed by atoms with Gasteiger partial charge in [-0.2, -0.15) is 4.39 Å². The molecule has 1 aromatic carbocycles. The molecule has 3 nitrogen and oxygen atoms in total. The third-order valence-corrected chi connectivity index (χ3v) is 2.90. The zero-order valence-corrected chi connectivity index (χ0v) is 11.3. The van der Waals surface area contributed by atoms with E-state index in [2.05, 4.69) is 23.8 Å². The number of benzene rings is 1. The fourth-order valence-corrected chi connectivity index (χ4v) is 1.98.